The Morgan fingerprint density at radius 1 is 1.55 bits per heavy atom. The van der Waals surface area contributed by atoms with E-state index in [-0.39, 0.29) is 11.9 Å². The van der Waals surface area contributed by atoms with Crippen LogP contribution in [-0.4, -0.2) is 39.0 Å². The lowest BCUT2D eigenvalue weighted by molar-refractivity contribution is -0.150. The first-order chi connectivity index (χ1) is 9.49. The highest BCUT2D eigenvalue weighted by Gasteiger charge is 2.37. The van der Waals surface area contributed by atoms with Crippen LogP contribution in [0, 0.1) is 6.92 Å². The van der Waals surface area contributed by atoms with Gasteiger partial charge >= 0.3 is 5.97 Å². The first-order valence-corrected chi connectivity index (χ1v) is 7.82. The highest BCUT2D eigenvalue weighted by atomic mass is 32.1. The Labute approximate surface area is 122 Å². The standard InChI is InChI=1S/C14H20N2O3S/c1-9(14(18)19)16(12-6-7-12)13(17)5-3-4-11-8-20-10(2)15-11/h8-9,12H,3-7H2,1-2H3,(H,18,19). The van der Waals surface area contributed by atoms with Crippen molar-refractivity contribution < 1.29 is 14.7 Å². The molecule has 0 aliphatic heterocycles. The molecule has 0 saturated heterocycles. The van der Waals surface area contributed by atoms with Crippen LogP contribution in [0.1, 0.15) is 43.3 Å². The molecule has 6 heteroatoms. The van der Waals surface area contributed by atoms with E-state index < -0.39 is 12.0 Å². The first kappa shape index (κ1) is 15.0. The first-order valence-electron chi connectivity index (χ1n) is 6.94. The molecule has 1 aromatic heterocycles. The van der Waals surface area contributed by atoms with Crippen molar-refractivity contribution in [2.45, 2.75) is 58.0 Å². The zero-order valence-electron chi connectivity index (χ0n) is 11.8. The summed E-state index contributed by atoms with van der Waals surface area (Å²) < 4.78 is 0. The van der Waals surface area contributed by atoms with Gasteiger partial charge in [0.1, 0.15) is 6.04 Å². The Kier molecular flexibility index (Phi) is 4.75. The Bertz CT molecular complexity index is 496. The molecular weight excluding hydrogens is 276 g/mol. The predicted molar refractivity (Wildman–Crippen MR) is 76.8 cm³/mol. The number of carboxylic acids is 1. The lowest BCUT2D eigenvalue weighted by Crippen LogP contribution is -2.44. The van der Waals surface area contributed by atoms with Crippen molar-refractivity contribution in [3.05, 3.63) is 16.1 Å². The summed E-state index contributed by atoms with van der Waals surface area (Å²) in [4.78, 5) is 29.2. The van der Waals surface area contributed by atoms with E-state index >= 15 is 0 Å². The van der Waals surface area contributed by atoms with Gasteiger partial charge in [0.15, 0.2) is 0 Å². The normalized spacial score (nSPS) is 15.9. The van der Waals surface area contributed by atoms with E-state index in [4.69, 9.17) is 5.11 Å². The number of rotatable bonds is 7. The second-order valence-electron chi connectivity index (χ2n) is 5.26. The number of hydrogen-bond acceptors (Lipinski definition) is 4. The monoisotopic (exact) mass is 296 g/mol. The molecule has 0 radical (unpaired) electrons. The summed E-state index contributed by atoms with van der Waals surface area (Å²) in [6.45, 7) is 3.55. The van der Waals surface area contributed by atoms with Gasteiger partial charge in [-0.1, -0.05) is 0 Å². The maximum absolute atomic E-state index is 12.2. The average Bonchev–Trinajstić information content (AvgIpc) is 3.12. The molecule has 5 nitrogen and oxygen atoms in total. The van der Waals surface area contributed by atoms with Gasteiger partial charge in [-0.2, -0.15) is 0 Å². The third-order valence-electron chi connectivity index (χ3n) is 3.49. The van der Waals surface area contributed by atoms with Gasteiger partial charge in [-0.25, -0.2) is 9.78 Å². The molecule has 1 saturated carbocycles. The van der Waals surface area contributed by atoms with Crippen LogP contribution in [0.25, 0.3) is 0 Å². The maximum atomic E-state index is 12.2. The summed E-state index contributed by atoms with van der Waals surface area (Å²) in [6.07, 6.45) is 3.74. The third kappa shape index (κ3) is 3.79. The van der Waals surface area contributed by atoms with Gasteiger partial charge in [0, 0.05) is 17.8 Å². The van der Waals surface area contributed by atoms with E-state index in [0.717, 1.165) is 36.4 Å². The van der Waals surface area contributed by atoms with Gasteiger partial charge in [0.2, 0.25) is 5.91 Å². The molecule has 0 aromatic carbocycles. The fraction of sp³-hybridized carbons (Fsp3) is 0.643. The van der Waals surface area contributed by atoms with Crippen LogP contribution < -0.4 is 0 Å². The molecule has 1 fully saturated rings. The van der Waals surface area contributed by atoms with E-state index in [1.807, 2.05) is 12.3 Å². The second-order valence-corrected chi connectivity index (χ2v) is 6.32. The summed E-state index contributed by atoms with van der Waals surface area (Å²) in [5, 5.41) is 12.1. The molecule has 1 heterocycles. The minimum atomic E-state index is -0.930. The van der Waals surface area contributed by atoms with Gasteiger partial charge in [-0.3, -0.25) is 4.79 Å². The highest BCUT2D eigenvalue weighted by molar-refractivity contribution is 7.09. The summed E-state index contributed by atoms with van der Waals surface area (Å²) in [6, 6.07) is -0.591. The Hall–Kier alpha value is -1.43. The molecule has 1 aliphatic carbocycles. The molecule has 1 unspecified atom stereocenters. The number of hydrogen-bond donors (Lipinski definition) is 1. The van der Waals surface area contributed by atoms with Crippen molar-refractivity contribution in [2.24, 2.45) is 0 Å². The fourth-order valence-electron chi connectivity index (χ4n) is 2.28. The Balaban J connectivity index is 1.84. The van der Waals surface area contributed by atoms with Gasteiger partial charge in [0.05, 0.1) is 10.7 Å². The maximum Gasteiger partial charge on any atom is 0.326 e. The average molecular weight is 296 g/mol. The van der Waals surface area contributed by atoms with Crippen LogP contribution >= 0.6 is 11.3 Å². The largest absolute Gasteiger partial charge is 0.480 e. The summed E-state index contributed by atoms with van der Waals surface area (Å²) in [5.74, 6) is -0.977. The molecule has 1 N–H and O–H groups in total. The molecule has 1 aromatic rings. The zero-order chi connectivity index (χ0) is 14.7. The van der Waals surface area contributed by atoms with Crippen LogP contribution in [-0.2, 0) is 16.0 Å². The van der Waals surface area contributed by atoms with Crippen molar-refractivity contribution in [1.82, 2.24) is 9.88 Å². The van der Waals surface area contributed by atoms with E-state index in [2.05, 4.69) is 4.98 Å². The zero-order valence-corrected chi connectivity index (χ0v) is 12.7. The van der Waals surface area contributed by atoms with Crippen molar-refractivity contribution in [1.29, 1.82) is 0 Å². The number of thiazole rings is 1. The van der Waals surface area contributed by atoms with Crippen LogP contribution in [0.5, 0.6) is 0 Å². The van der Waals surface area contributed by atoms with E-state index in [0.29, 0.717) is 6.42 Å². The van der Waals surface area contributed by atoms with E-state index in [1.54, 1.807) is 23.2 Å². The minimum Gasteiger partial charge on any atom is -0.480 e. The number of carboxylic acid groups (broad SMARTS) is 1. The van der Waals surface area contributed by atoms with Crippen LogP contribution in [0.3, 0.4) is 0 Å². The van der Waals surface area contributed by atoms with Crippen molar-refractivity contribution in [3.63, 3.8) is 0 Å². The van der Waals surface area contributed by atoms with Crippen molar-refractivity contribution >= 4 is 23.2 Å². The number of amides is 1. The Morgan fingerprint density at radius 2 is 2.25 bits per heavy atom. The number of aliphatic carboxylic acids is 1. The Morgan fingerprint density at radius 3 is 2.75 bits per heavy atom. The molecular formula is C14H20N2O3S. The number of aryl methyl sites for hydroxylation is 2. The van der Waals surface area contributed by atoms with Crippen LogP contribution in [0.4, 0.5) is 0 Å². The molecule has 1 aliphatic rings. The quantitative estimate of drug-likeness (QED) is 0.837. The molecule has 110 valence electrons. The molecule has 0 spiro atoms. The number of nitrogens with zero attached hydrogens (tertiary/aromatic N) is 2. The molecule has 20 heavy (non-hydrogen) atoms. The predicted octanol–water partition coefficient (Wildman–Crippen LogP) is 2.24. The number of carbonyl (C=O) groups excluding carboxylic acids is 1. The van der Waals surface area contributed by atoms with Gasteiger partial charge in [-0.05, 0) is 39.5 Å². The topological polar surface area (TPSA) is 70.5 Å². The van der Waals surface area contributed by atoms with Crippen LogP contribution in [0.15, 0.2) is 5.38 Å². The van der Waals surface area contributed by atoms with Crippen molar-refractivity contribution in [3.8, 4) is 0 Å². The smallest absolute Gasteiger partial charge is 0.326 e. The van der Waals surface area contributed by atoms with Gasteiger partial charge in [0.25, 0.3) is 0 Å². The summed E-state index contributed by atoms with van der Waals surface area (Å²) in [5.41, 5.74) is 1.02. The fourth-order valence-corrected chi connectivity index (χ4v) is 2.93. The van der Waals surface area contributed by atoms with Gasteiger partial charge in [-0.15, -0.1) is 11.3 Å². The summed E-state index contributed by atoms with van der Waals surface area (Å²) >= 11 is 1.61. The van der Waals surface area contributed by atoms with Crippen molar-refractivity contribution in [2.75, 3.05) is 0 Å². The second kappa shape index (κ2) is 6.35. The minimum absolute atomic E-state index is 0.0469. The molecule has 2 rings (SSSR count). The lowest BCUT2D eigenvalue weighted by atomic mass is 10.1. The lowest BCUT2D eigenvalue weighted by Gasteiger charge is -2.26. The molecule has 1 amide bonds. The third-order valence-corrected chi connectivity index (χ3v) is 4.32. The molecule has 0 bridgehead atoms. The van der Waals surface area contributed by atoms with E-state index in [1.165, 1.54) is 0 Å². The summed E-state index contributed by atoms with van der Waals surface area (Å²) in [7, 11) is 0. The highest BCUT2D eigenvalue weighted by Crippen LogP contribution is 2.29. The number of carbonyl (C=O) groups is 2. The van der Waals surface area contributed by atoms with E-state index in [9.17, 15) is 9.59 Å². The SMILES string of the molecule is Cc1nc(CCCC(=O)N(C2CC2)C(C)C(=O)O)cs1. The van der Waals surface area contributed by atoms with Gasteiger partial charge < -0.3 is 10.0 Å². The van der Waals surface area contributed by atoms with Crippen LogP contribution in [0.2, 0.25) is 0 Å². The number of aromatic nitrogens is 1. The molecule has 1 atom stereocenters.